The number of rotatable bonds is 3. The summed E-state index contributed by atoms with van der Waals surface area (Å²) in [4.78, 5) is 14.5. The molecule has 0 saturated carbocycles. The van der Waals surface area contributed by atoms with Crippen LogP contribution in [0.2, 0.25) is 0 Å². The maximum Gasteiger partial charge on any atom is 0.280 e. The molecule has 0 N–H and O–H groups in total. The van der Waals surface area contributed by atoms with Gasteiger partial charge in [-0.25, -0.2) is 0 Å². The number of para-hydroxylation sites is 2. The van der Waals surface area contributed by atoms with Gasteiger partial charge in [-0.1, -0.05) is 17.3 Å². The molecule has 126 valence electrons. The summed E-state index contributed by atoms with van der Waals surface area (Å²) >= 11 is 0. The fourth-order valence-corrected chi connectivity index (χ4v) is 2.79. The molecule has 0 atom stereocenters. The molecule has 0 radical (unpaired) electrons. The molecular weight excluding hydrogens is 320 g/mol. The molecule has 0 fully saturated rings. The average Bonchev–Trinajstić information content (AvgIpc) is 3.17. The lowest BCUT2D eigenvalue weighted by Gasteiger charge is -2.28. The van der Waals surface area contributed by atoms with Gasteiger partial charge in [0.2, 0.25) is 0 Å². The molecule has 1 aromatic heterocycles. The number of hydrogen-bond acceptors (Lipinski definition) is 5. The van der Waals surface area contributed by atoms with Gasteiger partial charge in [0.1, 0.15) is 18.1 Å². The van der Waals surface area contributed by atoms with Crippen LogP contribution in [-0.2, 0) is 0 Å². The Hall–Kier alpha value is -3.28. The maximum atomic E-state index is 12.8. The number of benzene rings is 2. The van der Waals surface area contributed by atoms with Crippen molar-refractivity contribution < 1.29 is 18.8 Å². The van der Waals surface area contributed by atoms with E-state index in [1.54, 1.807) is 18.1 Å². The van der Waals surface area contributed by atoms with Crippen molar-refractivity contribution in [3.05, 3.63) is 60.3 Å². The SMILES string of the molecule is COc1ccc(-c2cc(C(=O)N3CCOc4ccccc43)no2)cc1. The van der Waals surface area contributed by atoms with E-state index in [1.807, 2.05) is 48.5 Å². The first-order valence-corrected chi connectivity index (χ1v) is 7.91. The summed E-state index contributed by atoms with van der Waals surface area (Å²) in [5, 5.41) is 3.94. The van der Waals surface area contributed by atoms with Crippen LogP contribution in [0.15, 0.2) is 59.1 Å². The molecule has 25 heavy (non-hydrogen) atoms. The maximum absolute atomic E-state index is 12.8. The lowest BCUT2D eigenvalue weighted by atomic mass is 10.1. The number of amides is 1. The summed E-state index contributed by atoms with van der Waals surface area (Å²) in [6.07, 6.45) is 0. The molecule has 0 unspecified atom stereocenters. The van der Waals surface area contributed by atoms with E-state index in [9.17, 15) is 4.79 Å². The Morgan fingerprint density at radius 2 is 1.96 bits per heavy atom. The molecule has 1 aliphatic heterocycles. The molecule has 3 aromatic rings. The molecule has 1 aliphatic rings. The molecule has 6 heteroatoms. The average molecular weight is 336 g/mol. The standard InChI is InChI=1S/C19H16N2O4/c1-23-14-8-6-13(7-9-14)18-12-15(20-25-18)19(22)21-10-11-24-17-5-3-2-4-16(17)21/h2-9,12H,10-11H2,1H3. The van der Waals surface area contributed by atoms with E-state index in [0.29, 0.717) is 24.7 Å². The van der Waals surface area contributed by atoms with Crippen molar-refractivity contribution in [1.29, 1.82) is 0 Å². The second-order valence-electron chi connectivity index (χ2n) is 5.58. The van der Waals surface area contributed by atoms with Gasteiger partial charge in [0.25, 0.3) is 5.91 Å². The molecule has 1 amide bonds. The van der Waals surface area contributed by atoms with Crippen molar-refractivity contribution in [3.63, 3.8) is 0 Å². The van der Waals surface area contributed by atoms with Gasteiger partial charge in [0.05, 0.1) is 19.3 Å². The summed E-state index contributed by atoms with van der Waals surface area (Å²) in [6.45, 7) is 0.923. The summed E-state index contributed by atoms with van der Waals surface area (Å²) in [6, 6.07) is 16.5. The van der Waals surface area contributed by atoms with Crippen molar-refractivity contribution in [3.8, 4) is 22.8 Å². The summed E-state index contributed by atoms with van der Waals surface area (Å²) in [7, 11) is 1.61. The third-order valence-corrected chi connectivity index (χ3v) is 4.08. The highest BCUT2D eigenvalue weighted by Gasteiger charge is 2.26. The van der Waals surface area contributed by atoms with E-state index in [2.05, 4.69) is 5.16 Å². The van der Waals surface area contributed by atoms with Crippen molar-refractivity contribution in [2.24, 2.45) is 0 Å². The van der Waals surface area contributed by atoms with E-state index in [4.69, 9.17) is 14.0 Å². The van der Waals surface area contributed by atoms with Gasteiger partial charge in [0, 0.05) is 11.6 Å². The van der Waals surface area contributed by atoms with Crippen molar-refractivity contribution in [2.45, 2.75) is 0 Å². The first-order chi connectivity index (χ1) is 12.3. The van der Waals surface area contributed by atoms with Gasteiger partial charge in [-0.2, -0.15) is 0 Å². The highest BCUT2D eigenvalue weighted by atomic mass is 16.5. The van der Waals surface area contributed by atoms with Gasteiger partial charge in [-0.15, -0.1) is 0 Å². The Labute approximate surface area is 144 Å². The fourth-order valence-electron chi connectivity index (χ4n) is 2.79. The first-order valence-electron chi connectivity index (χ1n) is 7.91. The summed E-state index contributed by atoms with van der Waals surface area (Å²) < 4.78 is 16.1. The topological polar surface area (TPSA) is 64.8 Å². The molecule has 2 heterocycles. The zero-order chi connectivity index (χ0) is 17.2. The highest BCUT2D eigenvalue weighted by Crippen LogP contribution is 2.32. The zero-order valence-corrected chi connectivity index (χ0v) is 13.6. The molecule has 2 aromatic carbocycles. The minimum Gasteiger partial charge on any atom is -0.497 e. The van der Waals surface area contributed by atoms with Gasteiger partial charge in [0.15, 0.2) is 11.5 Å². The zero-order valence-electron chi connectivity index (χ0n) is 13.6. The number of anilines is 1. The van der Waals surface area contributed by atoms with E-state index in [0.717, 1.165) is 17.0 Å². The van der Waals surface area contributed by atoms with Crippen LogP contribution in [0, 0.1) is 0 Å². The largest absolute Gasteiger partial charge is 0.497 e. The lowest BCUT2D eigenvalue weighted by Crippen LogP contribution is -2.38. The molecule has 6 nitrogen and oxygen atoms in total. The Balaban J connectivity index is 1.61. The number of ether oxygens (including phenoxy) is 2. The minimum atomic E-state index is -0.209. The van der Waals surface area contributed by atoms with Crippen LogP contribution in [0.25, 0.3) is 11.3 Å². The van der Waals surface area contributed by atoms with E-state index in [-0.39, 0.29) is 11.6 Å². The van der Waals surface area contributed by atoms with E-state index < -0.39 is 0 Å². The quantitative estimate of drug-likeness (QED) is 0.733. The molecule has 0 saturated heterocycles. The van der Waals surface area contributed by atoms with Crippen LogP contribution in [0.3, 0.4) is 0 Å². The Morgan fingerprint density at radius 3 is 2.76 bits per heavy atom. The number of fused-ring (bicyclic) bond motifs is 1. The third-order valence-electron chi connectivity index (χ3n) is 4.08. The van der Waals surface area contributed by atoms with Crippen molar-refractivity contribution in [2.75, 3.05) is 25.2 Å². The number of carbonyl (C=O) groups excluding carboxylic acids is 1. The monoisotopic (exact) mass is 336 g/mol. The number of nitrogens with zero attached hydrogens (tertiary/aromatic N) is 2. The molecule has 0 aliphatic carbocycles. The minimum absolute atomic E-state index is 0.209. The van der Waals surface area contributed by atoms with Crippen molar-refractivity contribution >= 4 is 11.6 Å². The van der Waals surface area contributed by atoms with Crippen LogP contribution in [-0.4, -0.2) is 31.3 Å². The Kier molecular flexibility index (Phi) is 3.85. The van der Waals surface area contributed by atoms with Gasteiger partial charge >= 0.3 is 0 Å². The van der Waals surface area contributed by atoms with E-state index >= 15 is 0 Å². The van der Waals surface area contributed by atoms with Crippen LogP contribution < -0.4 is 14.4 Å². The lowest BCUT2D eigenvalue weighted by molar-refractivity contribution is 0.0968. The number of aromatic nitrogens is 1. The van der Waals surface area contributed by atoms with E-state index in [1.165, 1.54) is 0 Å². The fraction of sp³-hybridized carbons (Fsp3) is 0.158. The Morgan fingerprint density at radius 1 is 1.16 bits per heavy atom. The smallest absolute Gasteiger partial charge is 0.280 e. The number of hydrogen-bond donors (Lipinski definition) is 0. The second kappa shape index (κ2) is 6.32. The number of carbonyl (C=O) groups is 1. The number of methoxy groups -OCH3 is 1. The molecule has 0 bridgehead atoms. The molecule has 0 spiro atoms. The predicted molar refractivity (Wildman–Crippen MR) is 92.1 cm³/mol. The molecular formula is C19H16N2O4. The van der Waals surface area contributed by atoms with Crippen molar-refractivity contribution in [1.82, 2.24) is 5.16 Å². The van der Waals surface area contributed by atoms with Gasteiger partial charge in [-0.3, -0.25) is 9.69 Å². The van der Waals surface area contributed by atoms with Gasteiger partial charge < -0.3 is 14.0 Å². The highest BCUT2D eigenvalue weighted by molar-refractivity contribution is 6.06. The van der Waals surface area contributed by atoms with Crippen LogP contribution >= 0.6 is 0 Å². The van der Waals surface area contributed by atoms with Gasteiger partial charge in [-0.05, 0) is 36.4 Å². The predicted octanol–water partition coefficient (Wildman–Crippen LogP) is 3.39. The summed E-state index contributed by atoms with van der Waals surface area (Å²) in [5.74, 6) is 1.78. The van der Waals surface area contributed by atoms with Crippen LogP contribution in [0.1, 0.15) is 10.5 Å². The van der Waals surface area contributed by atoms with Crippen LogP contribution in [0.5, 0.6) is 11.5 Å². The normalized spacial score (nSPS) is 13.1. The molecule has 4 rings (SSSR count). The first kappa shape index (κ1) is 15.3. The second-order valence-corrected chi connectivity index (χ2v) is 5.58. The summed E-state index contributed by atoms with van der Waals surface area (Å²) in [5.41, 5.74) is 1.84. The Bertz CT molecular complexity index is 902. The van der Waals surface area contributed by atoms with Crippen LogP contribution in [0.4, 0.5) is 5.69 Å². The third kappa shape index (κ3) is 2.82.